The molecule has 0 atom stereocenters. The minimum Gasteiger partial charge on any atom is -0.329 e. The number of fused-ring (bicyclic) bond motifs is 1. The lowest BCUT2D eigenvalue weighted by Crippen LogP contribution is -2.32. The van der Waals surface area contributed by atoms with E-state index in [-0.39, 0.29) is 17.3 Å². The van der Waals surface area contributed by atoms with Crippen molar-refractivity contribution < 1.29 is 4.39 Å². The first-order valence-corrected chi connectivity index (χ1v) is 6.25. The molecule has 4 heteroatoms. The number of benzene rings is 1. The number of nitrogens with zero attached hydrogens (tertiary/aromatic N) is 2. The molecule has 0 saturated carbocycles. The molecule has 0 fully saturated rings. The van der Waals surface area contributed by atoms with E-state index in [1.54, 1.807) is 6.07 Å². The van der Waals surface area contributed by atoms with Crippen molar-refractivity contribution in [2.75, 3.05) is 6.54 Å². The number of nitrogens with two attached hydrogens (primary N) is 1. The first-order valence-electron chi connectivity index (χ1n) is 6.25. The summed E-state index contributed by atoms with van der Waals surface area (Å²) in [6.07, 6.45) is 0. The Morgan fingerprint density at radius 1 is 1.39 bits per heavy atom. The Morgan fingerprint density at radius 2 is 2.06 bits per heavy atom. The largest absolute Gasteiger partial charge is 0.329 e. The van der Waals surface area contributed by atoms with Gasteiger partial charge in [-0.25, -0.2) is 9.37 Å². The summed E-state index contributed by atoms with van der Waals surface area (Å²) in [5.41, 5.74) is 6.82. The van der Waals surface area contributed by atoms with Crippen molar-refractivity contribution in [1.82, 2.24) is 9.55 Å². The molecule has 0 saturated heterocycles. The standard InChI is InChI=1S/C14H20FN3/c1-9(2)18-11-7-5-6-10(15)12(11)17-13(18)14(3,4)8-16/h5-7,9H,8,16H2,1-4H3. The van der Waals surface area contributed by atoms with Crippen LogP contribution in [-0.2, 0) is 5.41 Å². The van der Waals surface area contributed by atoms with E-state index in [2.05, 4.69) is 23.4 Å². The fraction of sp³-hybridized carbons (Fsp3) is 0.500. The molecule has 98 valence electrons. The van der Waals surface area contributed by atoms with Gasteiger partial charge in [0.2, 0.25) is 0 Å². The highest BCUT2D eigenvalue weighted by Crippen LogP contribution is 2.30. The van der Waals surface area contributed by atoms with Crippen LogP contribution < -0.4 is 5.73 Å². The number of hydrogen-bond acceptors (Lipinski definition) is 2. The van der Waals surface area contributed by atoms with Crippen LogP contribution in [0.15, 0.2) is 18.2 Å². The van der Waals surface area contributed by atoms with E-state index in [0.29, 0.717) is 12.1 Å². The van der Waals surface area contributed by atoms with Crippen molar-refractivity contribution in [1.29, 1.82) is 0 Å². The molecule has 0 aliphatic rings. The fourth-order valence-electron chi connectivity index (χ4n) is 2.17. The molecule has 2 rings (SSSR count). The van der Waals surface area contributed by atoms with E-state index in [1.807, 2.05) is 19.9 Å². The monoisotopic (exact) mass is 249 g/mol. The highest BCUT2D eigenvalue weighted by atomic mass is 19.1. The molecule has 0 bridgehead atoms. The third-order valence-corrected chi connectivity index (χ3v) is 3.30. The lowest BCUT2D eigenvalue weighted by atomic mass is 9.92. The predicted molar refractivity (Wildman–Crippen MR) is 72.2 cm³/mol. The summed E-state index contributed by atoms with van der Waals surface area (Å²) in [6.45, 7) is 8.69. The van der Waals surface area contributed by atoms with Crippen LogP contribution in [0.2, 0.25) is 0 Å². The van der Waals surface area contributed by atoms with Crippen molar-refractivity contribution in [3.8, 4) is 0 Å². The maximum atomic E-state index is 13.8. The van der Waals surface area contributed by atoms with Crippen LogP contribution in [0.5, 0.6) is 0 Å². The Kier molecular flexibility index (Phi) is 3.15. The quantitative estimate of drug-likeness (QED) is 0.908. The van der Waals surface area contributed by atoms with Crippen LogP contribution in [0, 0.1) is 5.82 Å². The van der Waals surface area contributed by atoms with E-state index in [9.17, 15) is 4.39 Å². The average molecular weight is 249 g/mol. The first-order chi connectivity index (χ1) is 8.38. The summed E-state index contributed by atoms with van der Waals surface area (Å²) in [6, 6.07) is 5.29. The van der Waals surface area contributed by atoms with Crippen LogP contribution in [-0.4, -0.2) is 16.1 Å². The minimum atomic E-state index is -0.277. The van der Waals surface area contributed by atoms with Gasteiger partial charge in [0.25, 0.3) is 0 Å². The van der Waals surface area contributed by atoms with Gasteiger partial charge in [-0.05, 0) is 26.0 Å². The van der Waals surface area contributed by atoms with Crippen molar-refractivity contribution in [2.45, 2.75) is 39.2 Å². The Morgan fingerprint density at radius 3 is 2.61 bits per heavy atom. The number of aromatic nitrogens is 2. The molecule has 2 aromatic rings. The van der Waals surface area contributed by atoms with Crippen LogP contribution in [0.3, 0.4) is 0 Å². The first kappa shape index (κ1) is 13.0. The van der Waals surface area contributed by atoms with Gasteiger partial charge in [-0.3, -0.25) is 0 Å². The van der Waals surface area contributed by atoms with Gasteiger partial charge >= 0.3 is 0 Å². The molecular formula is C14H20FN3. The van der Waals surface area contributed by atoms with Gasteiger partial charge in [-0.15, -0.1) is 0 Å². The smallest absolute Gasteiger partial charge is 0.151 e. The SMILES string of the molecule is CC(C)n1c(C(C)(C)CN)nc2c(F)cccc21. The second-order valence-corrected chi connectivity index (χ2v) is 5.59. The van der Waals surface area contributed by atoms with Gasteiger partial charge in [-0.1, -0.05) is 19.9 Å². The molecule has 18 heavy (non-hydrogen) atoms. The Balaban J connectivity index is 2.81. The summed E-state index contributed by atoms with van der Waals surface area (Å²) < 4.78 is 15.9. The fourth-order valence-corrected chi connectivity index (χ4v) is 2.17. The maximum Gasteiger partial charge on any atom is 0.151 e. The Hall–Kier alpha value is -1.42. The van der Waals surface area contributed by atoms with Crippen LogP contribution in [0.1, 0.15) is 39.6 Å². The molecule has 1 aromatic heterocycles. The molecule has 1 heterocycles. The summed E-state index contributed by atoms with van der Waals surface area (Å²) in [4.78, 5) is 4.48. The van der Waals surface area contributed by atoms with Gasteiger partial charge in [0.05, 0.1) is 5.52 Å². The number of para-hydroxylation sites is 1. The van der Waals surface area contributed by atoms with Crippen molar-refractivity contribution >= 4 is 11.0 Å². The van der Waals surface area contributed by atoms with Crippen LogP contribution >= 0.6 is 0 Å². The lowest BCUT2D eigenvalue weighted by molar-refractivity contribution is 0.451. The van der Waals surface area contributed by atoms with Crippen LogP contribution in [0.25, 0.3) is 11.0 Å². The zero-order valence-electron chi connectivity index (χ0n) is 11.4. The molecule has 0 spiro atoms. The second kappa shape index (κ2) is 4.35. The summed E-state index contributed by atoms with van der Waals surface area (Å²) in [5.74, 6) is 0.570. The molecule has 0 aliphatic carbocycles. The number of halogens is 1. The highest BCUT2D eigenvalue weighted by Gasteiger charge is 2.28. The van der Waals surface area contributed by atoms with Gasteiger partial charge in [0, 0.05) is 18.0 Å². The minimum absolute atomic E-state index is 0.220. The van der Waals surface area contributed by atoms with Gasteiger partial charge in [0.1, 0.15) is 11.3 Å². The molecule has 1 aromatic carbocycles. The maximum absolute atomic E-state index is 13.8. The molecule has 0 amide bonds. The van der Waals surface area contributed by atoms with Crippen molar-refractivity contribution in [2.24, 2.45) is 5.73 Å². The normalized spacial score (nSPS) is 12.6. The molecule has 2 N–H and O–H groups in total. The van der Waals surface area contributed by atoms with E-state index in [0.717, 1.165) is 11.3 Å². The van der Waals surface area contributed by atoms with E-state index >= 15 is 0 Å². The summed E-state index contributed by atoms with van der Waals surface area (Å²) >= 11 is 0. The topological polar surface area (TPSA) is 43.8 Å². The zero-order valence-corrected chi connectivity index (χ0v) is 11.4. The average Bonchev–Trinajstić information content (AvgIpc) is 2.70. The number of hydrogen-bond donors (Lipinski definition) is 1. The Bertz CT molecular complexity index is 570. The van der Waals surface area contributed by atoms with Gasteiger partial charge < -0.3 is 10.3 Å². The van der Waals surface area contributed by atoms with Crippen molar-refractivity contribution in [3.05, 3.63) is 29.8 Å². The zero-order chi connectivity index (χ0) is 13.5. The summed E-state index contributed by atoms with van der Waals surface area (Å²) in [7, 11) is 0. The lowest BCUT2D eigenvalue weighted by Gasteiger charge is -2.25. The third-order valence-electron chi connectivity index (χ3n) is 3.30. The van der Waals surface area contributed by atoms with Gasteiger partial charge in [0.15, 0.2) is 5.82 Å². The third kappa shape index (κ3) is 1.90. The molecule has 0 aliphatic heterocycles. The molecular weight excluding hydrogens is 229 g/mol. The molecule has 0 unspecified atom stereocenters. The van der Waals surface area contributed by atoms with E-state index < -0.39 is 0 Å². The van der Waals surface area contributed by atoms with Crippen molar-refractivity contribution in [3.63, 3.8) is 0 Å². The van der Waals surface area contributed by atoms with E-state index in [1.165, 1.54) is 6.07 Å². The molecule has 0 radical (unpaired) electrons. The Labute approximate surface area is 107 Å². The second-order valence-electron chi connectivity index (χ2n) is 5.59. The predicted octanol–water partition coefficient (Wildman–Crippen LogP) is 2.99. The summed E-state index contributed by atoms with van der Waals surface area (Å²) in [5, 5.41) is 0. The van der Waals surface area contributed by atoms with Gasteiger partial charge in [-0.2, -0.15) is 0 Å². The van der Waals surface area contributed by atoms with Crippen LogP contribution in [0.4, 0.5) is 4.39 Å². The number of rotatable bonds is 3. The number of imidazole rings is 1. The van der Waals surface area contributed by atoms with E-state index in [4.69, 9.17) is 5.73 Å². The molecule has 3 nitrogen and oxygen atoms in total. The highest BCUT2D eigenvalue weighted by molar-refractivity contribution is 5.77.